The lowest BCUT2D eigenvalue weighted by molar-refractivity contribution is -0.142. The Hall–Kier alpha value is -2.74. The maximum Gasteiger partial charge on any atom is 0.319 e. The Kier molecular flexibility index (Phi) is 5.96. The summed E-state index contributed by atoms with van der Waals surface area (Å²) in [5.41, 5.74) is 1.69. The molecule has 0 spiro atoms. The monoisotopic (exact) mass is 369 g/mol. The second-order valence-corrected chi connectivity index (χ2v) is 6.67. The molecule has 0 aliphatic heterocycles. The smallest absolute Gasteiger partial charge is 0.319 e. The van der Waals surface area contributed by atoms with Gasteiger partial charge in [0.1, 0.15) is 10.9 Å². The highest BCUT2D eigenvalue weighted by Crippen LogP contribution is 2.27. The van der Waals surface area contributed by atoms with Gasteiger partial charge in [0.2, 0.25) is 0 Å². The fourth-order valence-corrected chi connectivity index (χ4v) is 3.45. The Balaban J connectivity index is 1.82. The van der Waals surface area contributed by atoms with E-state index in [-0.39, 0.29) is 5.97 Å². The van der Waals surface area contributed by atoms with Crippen molar-refractivity contribution in [2.75, 3.05) is 6.61 Å². The molecular formula is C18H19N5O2S. The topological polar surface area (TPSA) is 82.8 Å². The molecule has 0 saturated heterocycles. The number of esters is 1. The van der Waals surface area contributed by atoms with Crippen molar-refractivity contribution >= 4 is 17.7 Å². The largest absolute Gasteiger partial charge is 0.465 e. The number of carbonyl (C=O) groups excluding carboxylic acids is 1. The third-order valence-electron chi connectivity index (χ3n) is 3.69. The highest BCUT2D eigenvalue weighted by Gasteiger charge is 2.25. The zero-order valence-corrected chi connectivity index (χ0v) is 15.4. The lowest BCUT2D eigenvalue weighted by atomic mass is 10.1. The molecule has 3 rings (SSSR count). The Morgan fingerprint density at radius 3 is 2.73 bits per heavy atom. The summed E-state index contributed by atoms with van der Waals surface area (Å²) in [6.45, 7) is 2.14. The summed E-state index contributed by atoms with van der Waals surface area (Å²) < 4.78 is 7.05. The Morgan fingerprint density at radius 2 is 2.04 bits per heavy atom. The van der Waals surface area contributed by atoms with E-state index in [4.69, 9.17) is 4.74 Å². The third-order valence-corrected chi connectivity index (χ3v) is 4.90. The minimum absolute atomic E-state index is 0.259. The second-order valence-electron chi connectivity index (χ2n) is 5.50. The van der Waals surface area contributed by atoms with Gasteiger partial charge >= 0.3 is 5.97 Å². The normalized spacial score (nSPS) is 11.9. The molecule has 0 bridgehead atoms. The quantitative estimate of drug-likeness (QED) is 0.467. The van der Waals surface area contributed by atoms with Crippen LogP contribution in [0.25, 0.3) is 11.5 Å². The Bertz CT molecular complexity index is 855. The van der Waals surface area contributed by atoms with E-state index in [1.54, 1.807) is 25.5 Å². The summed E-state index contributed by atoms with van der Waals surface area (Å²) in [6.07, 6.45) is 5.39. The maximum atomic E-state index is 12.4. The van der Waals surface area contributed by atoms with Gasteiger partial charge in [0.05, 0.1) is 12.8 Å². The number of nitrogens with zero attached hydrogens (tertiary/aromatic N) is 5. The number of ether oxygens (including phenoxy) is 1. The number of rotatable bonds is 7. The van der Waals surface area contributed by atoms with Crippen LogP contribution in [-0.2, 0) is 23.0 Å². The van der Waals surface area contributed by atoms with Crippen LogP contribution in [-0.4, -0.2) is 42.6 Å². The van der Waals surface area contributed by atoms with E-state index >= 15 is 0 Å². The van der Waals surface area contributed by atoms with Crippen LogP contribution >= 0.6 is 11.8 Å². The van der Waals surface area contributed by atoms with Gasteiger partial charge in [-0.15, -0.1) is 10.2 Å². The molecule has 0 radical (unpaired) electrons. The van der Waals surface area contributed by atoms with Crippen molar-refractivity contribution in [3.63, 3.8) is 0 Å². The number of aromatic nitrogens is 5. The van der Waals surface area contributed by atoms with Crippen LogP contribution < -0.4 is 0 Å². The zero-order valence-electron chi connectivity index (χ0n) is 14.6. The Morgan fingerprint density at radius 1 is 1.23 bits per heavy atom. The van der Waals surface area contributed by atoms with Gasteiger partial charge in [-0.05, 0) is 18.9 Å². The number of thioether (sulfide) groups is 1. The van der Waals surface area contributed by atoms with Crippen LogP contribution in [0.5, 0.6) is 0 Å². The molecule has 1 atom stereocenters. The number of benzene rings is 1. The summed E-state index contributed by atoms with van der Waals surface area (Å²) in [7, 11) is 1.84. The van der Waals surface area contributed by atoms with Crippen LogP contribution in [0, 0.1) is 0 Å². The fraction of sp³-hybridized carbons (Fsp3) is 0.278. The number of hydrogen-bond donors (Lipinski definition) is 0. The van der Waals surface area contributed by atoms with Crippen molar-refractivity contribution in [1.29, 1.82) is 0 Å². The first-order chi connectivity index (χ1) is 12.7. The SMILES string of the molecule is CCOC(=O)[C@@H](Cc1ccccc1)Sc1nnc(-c2cnccn2)n1C. The van der Waals surface area contributed by atoms with Crippen molar-refractivity contribution in [3.05, 3.63) is 54.5 Å². The van der Waals surface area contributed by atoms with Crippen LogP contribution in [0.2, 0.25) is 0 Å². The van der Waals surface area contributed by atoms with Gasteiger partial charge in [-0.2, -0.15) is 0 Å². The summed E-state index contributed by atoms with van der Waals surface area (Å²) in [5.74, 6) is 0.341. The van der Waals surface area contributed by atoms with Crippen LogP contribution in [0.1, 0.15) is 12.5 Å². The standard InChI is InChI=1S/C18H19N5O2S/c1-3-25-17(24)15(11-13-7-5-4-6-8-13)26-18-22-21-16(23(18)2)14-12-19-9-10-20-14/h4-10,12,15H,3,11H2,1-2H3/t15-/m1/s1. The zero-order chi connectivity index (χ0) is 18.4. The van der Waals surface area contributed by atoms with E-state index in [0.717, 1.165) is 5.56 Å². The molecule has 8 heteroatoms. The lowest BCUT2D eigenvalue weighted by Gasteiger charge is -2.15. The van der Waals surface area contributed by atoms with E-state index in [1.165, 1.54) is 11.8 Å². The molecule has 2 aromatic heterocycles. The highest BCUT2D eigenvalue weighted by atomic mass is 32.2. The minimum atomic E-state index is -0.407. The second kappa shape index (κ2) is 8.57. The van der Waals surface area contributed by atoms with Gasteiger partial charge in [0, 0.05) is 19.4 Å². The van der Waals surface area contributed by atoms with Crippen molar-refractivity contribution in [2.45, 2.75) is 23.8 Å². The van der Waals surface area contributed by atoms with Crippen molar-refractivity contribution < 1.29 is 9.53 Å². The molecule has 0 saturated carbocycles. The van der Waals surface area contributed by atoms with Crippen LogP contribution in [0.15, 0.2) is 54.1 Å². The Labute approximate surface area is 155 Å². The van der Waals surface area contributed by atoms with Gasteiger partial charge in [0.15, 0.2) is 11.0 Å². The van der Waals surface area contributed by atoms with Crippen LogP contribution in [0.3, 0.4) is 0 Å². The molecule has 26 heavy (non-hydrogen) atoms. The minimum Gasteiger partial charge on any atom is -0.465 e. The molecule has 0 fully saturated rings. The highest BCUT2D eigenvalue weighted by molar-refractivity contribution is 8.00. The van der Waals surface area contributed by atoms with Gasteiger partial charge in [0.25, 0.3) is 0 Å². The first-order valence-electron chi connectivity index (χ1n) is 8.22. The van der Waals surface area contributed by atoms with Gasteiger partial charge in [-0.1, -0.05) is 42.1 Å². The van der Waals surface area contributed by atoms with Crippen LogP contribution in [0.4, 0.5) is 0 Å². The molecule has 3 aromatic rings. The van der Waals surface area contributed by atoms with E-state index in [9.17, 15) is 4.79 Å². The number of hydrogen-bond acceptors (Lipinski definition) is 7. The van der Waals surface area contributed by atoms with E-state index < -0.39 is 5.25 Å². The summed E-state index contributed by atoms with van der Waals surface area (Å²) in [5, 5.41) is 8.62. The van der Waals surface area contributed by atoms with E-state index in [0.29, 0.717) is 29.7 Å². The fourth-order valence-electron chi connectivity index (χ4n) is 2.42. The average molecular weight is 369 g/mol. The molecule has 134 valence electrons. The summed E-state index contributed by atoms with van der Waals surface area (Å²) in [6, 6.07) is 9.85. The van der Waals surface area contributed by atoms with E-state index in [2.05, 4.69) is 20.2 Å². The number of carbonyl (C=O) groups is 1. The first-order valence-corrected chi connectivity index (χ1v) is 9.10. The molecule has 0 N–H and O–H groups in total. The van der Waals surface area contributed by atoms with Gasteiger partial charge < -0.3 is 9.30 Å². The van der Waals surface area contributed by atoms with Crippen molar-refractivity contribution in [2.24, 2.45) is 7.05 Å². The van der Waals surface area contributed by atoms with E-state index in [1.807, 2.05) is 41.9 Å². The first kappa shape index (κ1) is 18.1. The van der Waals surface area contributed by atoms with Gasteiger partial charge in [-0.25, -0.2) is 4.98 Å². The lowest BCUT2D eigenvalue weighted by Crippen LogP contribution is -2.23. The maximum absolute atomic E-state index is 12.4. The molecule has 0 aliphatic carbocycles. The predicted octanol–water partition coefficient (Wildman–Crippen LogP) is 2.54. The molecule has 1 aromatic carbocycles. The molecule has 0 aliphatic rings. The molecular weight excluding hydrogens is 350 g/mol. The summed E-state index contributed by atoms with van der Waals surface area (Å²) >= 11 is 1.34. The third kappa shape index (κ3) is 4.26. The molecule has 7 nitrogen and oxygen atoms in total. The van der Waals surface area contributed by atoms with Gasteiger partial charge in [-0.3, -0.25) is 9.78 Å². The molecule has 0 unspecified atom stereocenters. The molecule has 0 amide bonds. The molecule has 2 heterocycles. The van der Waals surface area contributed by atoms with Crippen molar-refractivity contribution in [3.8, 4) is 11.5 Å². The average Bonchev–Trinajstić information content (AvgIpc) is 3.03. The summed E-state index contributed by atoms with van der Waals surface area (Å²) in [4.78, 5) is 20.7. The van der Waals surface area contributed by atoms with Crippen molar-refractivity contribution in [1.82, 2.24) is 24.7 Å². The predicted molar refractivity (Wildman–Crippen MR) is 98.5 cm³/mol.